The smallest absolute Gasteiger partial charge is 0.224 e. The van der Waals surface area contributed by atoms with Crippen LogP contribution in [0.4, 0.5) is 17.6 Å². The minimum Gasteiger partial charge on any atom is -0.493 e. The molecule has 0 aliphatic carbocycles. The zero-order valence-electron chi connectivity index (χ0n) is 16.6. The van der Waals surface area contributed by atoms with Gasteiger partial charge in [-0.05, 0) is 38.3 Å². The molecular formula is C20H27N7O. The zero-order valence-corrected chi connectivity index (χ0v) is 16.6. The normalized spacial score (nSPS) is 16.7. The van der Waals surface area contributed by atoms with Gasteiger partial charge in [0.05, 0.1) is 23.2 Å². The minimum atomic E-state index is 0.437. The summed E-state index contributed by atoms with van der Waals surface area (Å²) >= 11 is 0. The predicted molar refractivity (Wildman–Crippen MR) is 113 cm³/mol. The number of nitrogens with zero attached hydrogens (tertiary/aromatic N) is 4. The number of nitrogen functional groups attached to an aromatic ring is 1. The van der Waals surface area contributed by atoms with Crippen LogP contribution in [0.5, 0.6) is 5.75 Å². The zero-order chi connectivity index (χ0) is 19.7. The van der Waals surface area contributed by atoms with Crippen LogP contribution in [-0.4, -0.2) is 46.4 Å². The van der Waals surface area contributed by atoms with Crippen LogP contribution in [0.3, 0.4) is 0 Å². The molecule has 1 aliphatic heterocycles. The average Bonchev–Trinajstić information content (AvgIpc) is 3.34. The van der Waals surface area contributed by atoms with Gasteiger partial charge in [0, 0.05) is 31.3 Å². The van der Waals surface area contributed by atoms with Crippen LogP contribution in [0.15, 0.2) is 18.2 Å². The molecule has 28 heavy (non-hydrogen) atoms. The number of aromatic amines is 1. The molecule has 0 bridgehead atoms. The summed E-state index contributed by atoms with van der Waals surface area (Å²) in [5.41, 5.74) is 8.62. The lowest BCUT2D eigenvalue weighted by Crippen LogP contribution is -2.29. The highest BCUT2D eigenvalue weighted by molar-refractivity contribution is 5.97. The highest BCUT2D eigenvalue weighted by Gasteiger charge is 2.25. The Hall–Kier alpha value is -3.03. The SMILES string of the molecule is CCOc1cc(-c2cc(N3CCCC3CC)nc(NC)n2)cc2[nH]nc(N)c12. The molecule has 1 aliphatic rings. The van der Waals surface area contributed by atoms with Crippen molar-refractivity contribution in [3.63, 3.8) is 0 Å². The number of benzene rings is 1. The molecule has 1 fully saturated rings. The van der Waals surface area contributed by atoms with Crippen LogP contribution in [-0.2, 0) is 0 Å². The lowest BCUT2D eigenvalue weighted by molar-refractivity contribution is 0.344. The summed E-state index contributed by atoms with van der Waals surface area (Å²) in [6.07, 6.45) is 3.52. The molecule has 8 heteroatoms. The number of aromatic nitrogens is 4. The van der Waals surface area contributed by atoms with Crippen molar-refractivity contribution in [2.24, 2.45) is 0 Å². The Labute approximate surface area is 164 Å². The Balaban J connectivity index is 1.83. The molecule has 1 unspecified atom stereocenters. The van der Waals surface area contributed by atoms with Gasteiger partial charge < -0.3 is 20.7 Å². The first kappa shape index (κ1) is 18.3. The number of ether oxygens (including phenoxy) is 1. The van der Waals surface area contributed by atoms with Crippen molar-refractivity contribution in [1.29, 1.82) is 0 Å². The molecule has 8 nitrogen and oxygen atoms in total. The largest absolute Gasteiger partial charge is 0.493 e. The number of nitrogens with one attached hydrogen (secondary N) is 2. The number of rotatable bonds is 6. The van der Waals surface area contributed by atoms with E-state index in [2.05, 4.69) is 38.4 Å². The molecule has 0 spiro atoms. The van der Waals surface area contributed by atoms with Crippen LogP contribution in [0, 0.1) is 0 Å². The third-order valence-corrected chi connectivity index (χ3v) is 5.33. The Morgan fingerprint density at radius 3 is 2.89 bits per heavy atom. The van der Waals surface area contributed by atoms with Gasteiger partial charge in [-0.2, -0.15) is 10.1 Å². The molecule has 3 heterocycles. The summed E-state index contributed by atoms with van der Waals surface area (Å²) in [5.74, 6) is 2.71. The van der Waals surface area contributed by atoms with E-state index in [-0.39, 0.29) is 0 Å². The van der Waals surface area contributed by atoms with Crippen LogP contribution >= 0.6 is 0 Å². The first-order chi connectivity index (χ1) is 13.6. The lowest BCUT2D eigenvalue weighted by atomic mass is 10.1. The van der Waals surface area contributed by atoms with Crippen molar-refractivity contribution in [3.05, 3.63) is 18.2 Å². The molecule has 4 rings (SSSR count). The fraction of sp³-hybridized carbons (Fsp3) is 0.450. The highest BCUT2D eigenvalue weighted by Crippen LogP contribution is 2.36. The summed E-state index contributed by atoms with van der Waals surface area (Å²) in [6, 6.07) is 6.57. The van der Waals surface area contributed by atoms with E-state index in [0.717, 1.165) is 40.9 Å². The van der Waals surface area contributed by atoms with Gasteiger partial charge in [0.2, 0.25) is 5.95 Å². The monoisotopic (exact) mass is 381 g/mol. The molecular weight excluding hydrogens is 354 g/mol. The Morgan fingerprint density at radius 1 is 1.29 bits per heavy atom. The molecule has 4 N–H and O–H groups in total. The fourth-order valence-electron chi connectivity index (χ4n) is 3.96. The Bertz CT molecular complexity index is 984. The first-order valence-electron chi connectivity index (χ1n) is 9.88. The number of nitrogens with two attached hydrogens (primary N) is 1. The molecule has 0 amide bonds. The standard InChI is InChI=1S/C20H27N7O/c1-4-13-7-6-8-27(13)17-11-14(23-20(22-3)24-17)12-9-15-18(19(21)26-25-15)16(10-12)28-5-2/h9-11,13H,4-8H2,1-3H3,(H3,21,25,26)(H,22,23,24). The number of hydrogen-bond acceptors (Lipinski definition) is 7. The molecule has 1 saturated heterocycles. The van der Waals surface area contributed by atoms with Crippen molar-refractivity contribution in [3.8, 4) is 17.0 Å². The van der Waals surface area contributed by atoms with E-state index in [0.29, 0.717) is 30.2 Å². The van der Waals surface area contributed by atoms with Crippen molar-refractivity contribution in [2.45, 2.75) is 39.2 Å². The second-order valence-corrected chi connectivity index (χ2v) is 7.02. The van der Waals surface area contributed by atoms with Gasteiger partial charge >= 0.3 is 0 Å². The van der Waals surface area contributed by atoms with Gasteiger partial charge in [-0.25, -0.2) is 4.98 Å². The van der Waals surface area contributed by atoms with Gasteiger partial charge in [-0.3, -0.25) is 5.10 Å². The number of H-pyrrole nitrogens is 1. The van der Waals surface area contributed by atoms with Crippen LogP contribution in [0.1, 0.15) is 33.1 Å². The molecule has 1 aromatic carbocycles. The Kier molecular flexibility index (Phi) is 4.93. The van der Waals surface area contributed by atoms with Crippen molar-refractivity contribution < 1.29 is 4.74 Å². The third-order valence-electron chi connectivity index (χ3n) is 5.33. The molecule has 3 aromatic rings. The lowest BCUT2D eigenvalue weighted by Gasteiger charge is -2.25. The van der Waals surface area contributed by atoms with Gasteiger partial charge in [0.15, 0.2) is 5.82 Å². The highest BCUT2D eigenvalue weighted by atomic mass is 16.5. The summed E-state index contributed by atoms with van der Waals surface area (Å²) in [6.45, 7) is 5.76. The summed E-state index contributed by atoms with van der Waals surface area (Å²) in [7, 11) is 1.84. The van der Waals surface area contributed by atoms with E-state index in [1.165, 1.54) is 12.8 Å². The van der Waals surface area contributed by atoms with E-state index >= 15 is 0 Å². The maximum absolute atomic E-state index is 6.01. The van der Waals surface area contributed by atoms with Gasteiger partial charge in [0.1, 0.15) is 11.6 Å². The van der Waals surface area contributed by atoms with Gasteiger partial charge in [0.25, 0.3) is 0 Å². The van der Waals surface area contributed by atoms with E-state index in [1.54, 1.807) is 0 Å². The minimum absolute atomic E-state index is 0.437. The van der Waals surface area contributed by atoms with Crippen LogP contribution in [0.2, 0.25) is 0 Å². The quantitative estimate of drug-likeness (QED) is 0.601. The second kappa shape index (κ2) is 7.53. The number of hydrogen-bond donors (Lipinski definition) is 3. The van der Waals surface area contributed by atoms with Crippen molar-refractivity contribution in [2.75, 3.05) is 36.1 Å². The van der Waals surface area contributed by atoms with Gasteiger partial charge in [-0.15, -0.1) is 0 Å². The van der Waals surface area contributed by atoms with Crippen molar-refractivity contribution >= 4 is 28.5 Å². The molecule has 148 valence electrons. The van der Waals surface area contributed by atoms with E-state index < -0.39 is 0 Å². The molecule has 2 aromatic heterocycles. The topological polar surface area (TPSA) is 105 Å². The second-order valence-electron chi connectivity index (χ2n) is 7.02. The van der Waals surface area contributed by atoms with E-state index in [9.17, 15) is 0 Å². The van der Waals surface area contributed by atoms with Gasteiger partial charge in [-0.1, -0.05) is 6.92 Å². The maximum atomic E-state index is 6.01. The van der Waals surface area contributed by atoms with E-state index in [4.69, 9.17) is 15.5 Å². The number of fused-ring (bicyclic) bond motifs is 1. The predicted octanol–water partition coefficient (Wildman–Crippen LogP) is 3.42. The van der Waals surface area contributed by atoms with Crippen LogP contribution in [0.25, 0.3) is 22.2 Å². The average molecular weight is 381 g/mol. The Morgan fingerprint density at radius 2 is 2.14 bits per heavy atom. The molecule has 0 radical (unpaired) electrons. The van der Waals surface area contributed by atoms with Crippen molar-refractivity contribution in [1.82, 2.24) is 20.2 Å². The molecule has 1 atom stereocenters. The summed E-state index contributed by atoms with van der Waals surface area (Å²) in [4.78, 5) is 11.8. The first-order valence-corrected chi connectivity index (χ1v) is 9.88. The molecule has 0 saturated carbocycles. The van der Waals surface area contributed by atoms with E-state index in [1.807, 2.05) is 26.1 Å². The summed E-state index contributed by atoms with van der Waals surface area (Å²) < 4.78 is 5.83. The van der Waals surface area contributed by atoms with Crippen LogP contribution < -0.4 is 20.7 Å². The number of anilines is 3. The third kappa shape index (κ3) is 3.19. The fourth-order valence-corrected chi connectivity index (χ4v) is 3.96. The summed E-state index contributed by atoms with van der Waals surface area (Å²) in [5, 5.41) is 11.0. The maximum Gasteiger partial charge on any atom is 0.224 e.